The van der Waals surface area contributed by atoms with Gasteiger partial charge in [0.25, 0.3) is 0 Å². The number of rotatable bonds is 56. The lowest BCUT2D eigenvalue weighted by atomic mass is 10.0. The van der Waals surface area contributed by atoms with Gasteiger partial charge in [0, 0.05) is 19.3 Å². The largest absolute Gasteiger partial charge is 0.462 e. The molecule has 0 rings (SSSR count). The van der Waals surface area contributed by atoms with Crippen LogP contribution < -0.4 is 0 Å². The highest BCUT2D eigenvalue weighted by Crippen LogP contribution is 2.16. The Labute approximate surface area is 440 Å². The van der Waals surface area contributed by atoms with Gasteiger partial charge in [-0.2, -0.15) is 0 Å². The van der Waals surface area contributed by atoms with E-state index in [1.54, 1.807) is 0 Å². The van der Waals surface area contributed by atoms with Gasteiger partial charge in [-0.3, -0.25) is 14.4 Å². The number of carbonyl (C=O) groups is 3. The van der Waals surface area contributed by atoms with E-state index in [0.29, 0.717) is 19.3 Å². The Balaban J connectivity index is 4.16. The van der Waals surface area contributed by atoms with Crippen LogP contribution in [0, 0.1) is 0 Å². The standard InChI is InChI=1S/C65H116O6/c1-4-7-10-13-16-18-20-22-24-26-28-30-31-32-33-35-36-38-40-42-44-46-49-52-55-58-64(67)70-61-62(60-69-63(66)57-54-51-48-15-12-9-6-3)71-65(68)59-56-53-50-47-45-43-41-39-37-34-29-27-25-23-21-19-17-14-11-8-5-2/h20-23,26-29,37,39,62H,4-19,24-25,30-36,38,40-61H2,1-3H3/b22-20-,23-21-,28-26-,29-27-,39-37-. The third-order valence-electron chi connectivity index (χ3n) is 13.5. The van der Waals surface area contributed by atoms with Crippen LogP contribution in [-0.4, -0.2) is 37.2 Å². The summed E-state index contributed by atoms with van der Waals surface area (Å²) in [5.74, 6) is -0.886. The van der Waals surface area contributed by atoms with Crippen LogP contribution in [-0.2, 0) is 28.6 Å². The Hall–Kier alpha value is -2.89. The van der Waals surface area contributed by atoms with Crippen molar-refractivity contribution in [2.75, 3.05) is 13.2 Å². The number of carbonyl (C=O) groups excluding carboxylic acids is 3. The van der Waals surface area contributed by atoms with Gasteiger partial charge in [-0.25, -0.2) is 0 Å². The molecular weight excluding hydrogens is 877 g/mol. The molecule has 0 aliphatic heterocycles. The molecule has 0 radical (unpaired) electrons. The monoisotopic (exact) mass is 993 g/mol. The van der Waals surface area contributed by atoms with Crippen molar-refractivity contribution in [3.8, 4) is 0 Å². The van der Waals surface area contributed by atoms with Crippen LogP contribution in [0.1, 0.15) is 316 Å². The molecule has 0 bridgehead atoms. The van der Waals surface area contributed by atoms with Crippen LogP contribution in [0.15, 0.2) is 60.8 Å². The van der Waals surface area contributed by atoms with Gasteiger partial charge >= 0.3 is 17.9 Å². The van der Waals surface area contributed by atoms with Crippen LogP contribution in [0.3, 0.4) is 0 Å². The summed E-state index contributed by atoms with van der Waals surface area (Å²) in [5.41, 5.74) is 0. The molecular formula is C65H116O6. The number of esters is 3. The van der Waals surface area contributed by atoms with Crippen LogP contribution in [0.2, 0.25) is 0 Å². The highest BCUT2D eigenvalue weighted by molar-refractivity contribution is 5.71. The summed E-state index contributed by atoms with van der Waals surface area (Å²) in [5, 5.41) is 0. The minimum Gasteiger partial charge on any atom is -0.462 e. The fourth-order valence-corrected chi connectivity index (χ4v) is 8.83. The van der Waals surface area contributed by atoms with Gasteiger partial charge in [-0.05, 0) is 89.9 Å². The maximum absolute atomic E-state index is 12.8. The maximum Gasteiger partial charge on any atom is 0.306 e. The average Bonchev–Trinajstić information content (AvgIpc) is 3.37. The van der Waals surface area contributed by atoms with E-state index in [9.17, 15) is 14.4 Å². The molecule has 6 heteroatoms. The second-order valence-electron chi connectivity index (χ2n) is 20.6. The van der Waals surface area contributed by atoms with Crippen LogP contribution in [0.4, 0.5) is 0 Å². The fraction of sp³-hybridized carbons (Fsp3) is 0.800. The van der Waals surface area contributed by atoms with Gasteiger partial charge in [0.1, 0.15) is 13.2 Å². The lowest BCUT2D eigenvalue weighted by Gasteiger charge is -2.18. The quantitative estimate of drug-likeness (QED) is 0.0261. The van der Waals surface area contributed by atoms with Crippen molar-refractivity contribution in [3.05, 3.63) is 60.8 Å². The molecule has 0 aromatic rings. The zero-order valence-electron chi connectivity index (χ0n) is 47.2. The summed E-state index contributed by atoms with van der Waals surface area (Å²) < 4.78 is 16.8. The first kappa shape index (κ1) is 68.1. The highest BCUT2D eigenvalue weighted by Gasteiger charge is 2.19. The third kappa shape index (κ3) is 57.9. The second-order valence-corrected chi connectivity index (χ2v) is 20.6. The van der Waals surface area contributed by atoms with Crippen molar-refractivity contribution in [2.24, 2.45) is 0 Å². The minimum absolute atomic E-state index is 0.0779. The molecule has 1 unspecified atom stereocenters. The van der Waals surface area contributed by atoms with E-state index < -0.39 is 6.10 Å². The summed E-state index contributed by atoms with van der Waals surface area (Å²) in [7, 11) is 0. The van der Waals surface area contributed by atoms with Crippen LogP contribution >= 0.6 is 0 Å². The Morgan fingerprint density at radius 1 is 0.282 bits per heavy atom. The lowest BCUT2D eigenvalue weighted by molar-refractivity contribution is -0.167. The molecule has 0 saturated carbocycles. The molecule has 6 nitrogen and oxygen atoms in total. The van der Waals surface area contributed by atoms with E-state index in [1.165, 1.54) is 186 Å². The van der Waals surface area contributed by atoms with E-state index in [1.807, 2.05) is 0 Å². The van der Waals surface area contributed by atoms with Crippen LogP contribution in [0.25, 0.3) is 0 Å². The topological polar surface area (TPSA) is 78.9 Å². The SMILES string of the molecule is CCCCCCC/C=C\C/C=C\C/C=C\CCCCCCCCC(=O)OC(COC(=O)CCCCCCCCC)COC(=O)CCCCCCCCCCCCCCC/C=C\C/C=C\CCCCCCC. The van der Waals surface area contributed by atoms with Crippen LogP contribution in [0.5, 0.6) is 0 Å². The Bertz CT molecular complexity index is 1280. The summed E-state index contributed by atoms with van der Waals surface area (Å²) in [4.78, 5) is 38.0. The van der Waals surface area contributed by atoms with E-state index >= 15 is 0 Å². The molecule has 0 aliphatic carbocycles. The smallest absolute Gasteiger partial charge is 0.306 e. The summed E-state index contributed by atoms with van der Waals surface area (Å²) in [6, 6.07) is 0. The molecule has 0 aliphatic rings. The molecule has 0 heterocycles. The molecule has 0 aromatic heterocycles. The zero-order valence-corrected chi connectivity index (χ0v) is 47.2. The van der Waals surface area contributed by atoms with Gasteiger partial charge in [0.05, 0.1) is 0 Å². The maximum atomic E-state index is 12.8. The predicted octanol–water partition coefficient (Wildman–Crippen LogP) is 20.8. The molecule has 1 atom stereocenters. The van der Waals surface area contributed by atoms with Gasteiger partial charge in [0.15, 0.2) is 6.10 Å². The van der Waals surface area contributed by atoms with Crippen molar-refractivity contribution >= 4 is 17.9 Å². The molecule has 71 heavy (non-hydrogen) atoms. The van der Waals surface area contributed by atoms with Crippen molar-refractivity contribution < 1.29 is 28.6 Å². The van der Waals surface area contributed by atoms with Gasteiger partial charge in [-0.1, -0.05) is 268 Å². The normalized spacial score (nSPS) is 12.4. The molecule has 0 fully saturated rings. The van der Waals surface area contributed by atoms with Crippen molar-refractivity contribution in [1.29, 1.82) is 0 Å². The first-order chi connectivity index (χ1) is 35.0. The first-order valence-corrected chi connectivity index (χ1v) is 30.8. The van der Waals surface area contributed by atoms with Gasteiger partial charge < -0.3 is 14.2 Å². The first-order valence-electron chi connectivity index (χ1n) is 30.8. The van der Waals surface area contributed by atoms with E-state index in [4.69, 9.17) is 14.2 Å². The van der Waals surface area contributed by atoms with E-state index in [-0.39, 0.29) is 31.1 Å². The number of unbranched alkanes of at least 4 members (excludes halogenated alkanes) is 35. The average molecular weight is 994 g/mol. The van der Waals surface area contributed by atoms with Crippen molar-refractivity contribution in [2.45, 2.75) is 322 Å². The van der Waals surface area contributed by atoms with E-state index in [0.717, 1.165) is 89.9 Å². The van der Waals surface area contributed by atoms with E-state index in [2.05, 4.69) is 81.5 Å². The number of hydrogen-bond acceptors (Lipinski definition) is 6. The molecule has 0 N–H and O–H groups in total. The fourth-order valence-electron chi connectivity index (χ4n) is 8.83. The minimum atomic E-state index is -0.778. The molecule has 0 amide bonds. The van der Waals surface area contributed by atoms with Gasteiger partial charge in [-0.15, -0.1) is 0 Å². The molecule has 0 aromatic carbocycles. The summed E-state index contributed by atoms with van der Waals surface area (Å²) in [6.07, 6.45) is 75.3. The van der Waals surface area contributed by atoms with Crippen molar-refractivity contribution in [3.63, 3.8) is 0 Å². The van der Waals surface area contributed by atoms with Crippen molar-refractivity contribution in [1.82, 2.24) is 0 Å². The summed E-state index contributed by atoms with van der Waals surface area (Å²) in [6.45, 7) is 6.59. The number of ether oxygens (including phenoxy) is 3. The number of hydrogen-bond donors (Lipinski definition) is 0. The molecule has 0 spiro atoms. The zero-order chi connectivity index (χ0) is 51.4. The third-order valence-corrected chi connectivity index (χ3v) is 13.5. The Morgan fingerprint density at radius 2 is 0.507 bits per heavy atom. The summed E-state index contributed by atoms with van der Waals surface area (Å²) >= 11 is 0. The number of allylic oxidation sites excluding steroid dienone is 10. The lowest BCUT2D eigenvalue weighted by Crippen LogP contribution is -2.30. The highest BCUT2D eigenvalue weighted by atomic mass is 16.6. The predicted molar refractivity (Wildman–Crippen MR) is 307 cm³/mol. The Morgan fingerprint density at radius 3 is 0.789 bits per heavy atom. The molecule has 0 saturated heterocycles. The second kappa shape index (κ2) is 59.7. The molecule has 412 valence electrons. The van der Waals surface area contributed by atoms with Gasteiger partial charge in [0.2, 0.25) is 0 Å². The Kier molecular flexibility index (Phi) is 57.2.